The summed E-state index contributed by atoms with van der Waals surface area (Å²) >= 11 is 1.59. The van der Waals surface area contributed by atoms with Crippen molar-refractivity contribution in [3.63, 3.8) is 0 Å². The first-order valence-electron chi connectivity index (χ1n) is 5.52. The fraction of sp³-hybridized carbons (Fsp3) is 0.700. The third-order valence-corrected chi connectivity index (χ3v) is 3.13. The molecule has 5 nitrogen and oxygen atoms in total. The molecule has 2 heterocycles. The summed E-state index contributed by atoms with van der Waals surface area (Å²) < 4.78 is 1.85. The first-order chi connectivity index (χ1) is 7.58. The van der Waals surface area contributed by atoms with Gasteiger partial charge in [-0.3, -0.25) is 0 Å². The second-order valence-corrected chi connectivity index (χ2v) is 5.48. The topological polar surface area (TPSA) is 55.1 Å². The molecular formula is C10H17N5S. The number of hydrogen-bond donors (Lipinski definition) is 1. The molecule has 1 N–H and O–H groups in total. The SMILES string of the molecule is CC(C)NCc1nn2c(C(C)C)nnc2s1. The molecule has 2 aromatic rings. The maximum absolute atomic E-state index is 4.51. The third-order valence-electron chi connectivity index (χ3n) is 2.23. The zero-order chi connectivity index (χ0) is 11.7. The maximum atomic E-state index is 4.51. The van der Waals surface area contributed by atoms with Crippen molar-refractivity contribution in [2.75, 3.05) is 0 Å². The van der Waals surface area contributed by atoms with E-state index in [-0.39, 0.29) is 0 Å². The van der Waals surface area contributed by atoms with Crippen molar-refractivity contribution in [2.45, 2.75) is 46.2 Å². The Morgan fingerprint density at radius 1 is 1.25 bits per heavy atom. The molecular weight excluding hydrogens is 222 g/mol. The van der Waals surface area contributed by atoms with Crippen molar-refractivity contribution in [1.29, 1.82) is 0 Å². The van der Waals surface area contributed by atoms with Crippen molar-refractivity contribution < 1.29 is 0 Å². The Morgan fingerprint density at radius 2 is 2.00 bits per heavy atom. The van der Waals surface area contributed by atoms with E-state index in [1.807, 2.05) is 4.52 Å². The van der Waals surface area contributed by atoms with Crippen LogP contribution in [-0.4, -0.2) is 25.9 Å². The van der Waals surface area contributed by atoms with Gasteiger partial charge in [-0.2, -0.15) is 9.61 Å². The van der Waals surface area contributed by atoms with Crippen molar-refractivity contribution in [3.8, 4) is 0 Å². The third kappa shape index (κ3) is 2.22. The summed E-state index contributed by atoms with van der Waals surface area (Å²) in [5.41, 5.74) is 0. The second-order valence-electron chi connectivity index (χ2n) is 4.44. The largest absolute Gasteiger partial charge is 0.308 e. The normalized spacial score (nSPS) is 12.1. The van der Waals surface area contributed by atoms with Gasteiger partial charge in [0.2, 0.25) is 4.96 Å². The Balaban J connectivity index is 2.23. The van der Waals surface area contributed by atoms with Crippen LogP contribution in [0.25, 0.3) is 4.96 Å². The average molecular weight is 239 g/mol. The number of fused-ring (bicyclic) bond motifs is 1. The van der Waals surface area contributed by atoms with Gasteiger partial charge in [0.05, 0.1) is 0 Å². The lowest BCUT2D eigenvalue weighted by molar-refractivity contribution is 0.581. The van der Waals surface area contributed by atoms with Crippen molar-refractivity contribution in [2.24, 2.45) is 0 Å². The predicted molar refractivity (Wildman–Crippen MR) is 64.7 cm³/mol. The molecule has 2 aromatic heterocycles. The molecule has 0 radical (unpaired) electrons. The van der Waals surface area contributed by atoms with E-state index in [2.05, 4.69) is 48.3 Å². The second kappa shape index (κ2) is 4.47. The quantitative estimate of drug-likeness (QED) is 0.884. The highest BCUT2D eigenvalue weighted by molar-refractivity contribution is 7.16. The van der Waals surface area contributed by atoms with E-state index in [0.29, 0.717) is 12.0 Å². The van der Waals surface area contributed by atoms with Gasteiger partial charge in [0.1, 0.15) is 5.01 Å². The molecule has 0 aliphatic carbocycles. The van der Waals surface area contributed by atoms with Gasteiger partial charge in [-0.15, -0.1) is 10.2 Å². The minimum Gasteiger partial charge on any atom is -0.308 e. The summed E-state index contributed by atoms with van der Waals surface area (Å²) in [5, 5.41) is 17.2. The summed E-state index contributed by atoms with van der Waals surface area (Å²) in [6.45, 7) is 9.24. The molecule has 2 rings (SSSR count). The van der Waals surface area contributed by atoms with Crippen LogP contribution in [0.15, 0.2) is 0 Å². The maximum Gasteiger partial charge on any atom is 0.234 e. The van der Waals surface area contributed by atoms with Gasteiger partial charge in [0.25, 0.3) is 0 Å². The first kappa shape index (κ1) is 11.5. The van der Waals surface area contributed by atoms with E-state index in [4.69, 9.17) is 0 Å². The van der Waals surface area contributed by atoms with Gasteiger partial charge < -0.3 is 5.32 Å². The summed E-state index contributed by atoms with van der Waals surface area (Å²) in [5.74, 6) is 1.28. The molecule has 0 bridgehead atoms. The Labute approximate surface area is 98.9 Å². The van der Waals surface area contributed by atoms with Crippen LogP contribution in [-0.2, 0) is 6.54 Å². The van der Waals surface area contributed by atoms with Crippen LogP contribution in [0, 0.1) is 0 Å². The lowest BCUT2D eigenvalue weighted by atomic mass is 10.2. The molecule has 0 aliphatic heterocycles. The molecule has 0 aromatic carbocycles. The standard InChI is InChI=1S/C10H17N5S/c1-6(2)9-12-13-10-15(9)14-8(16-10)5-11-7(3)4/h6-7,11H,5H2,1-4H3. The van der Waals surface area contributed by atoms with E-state index < -0.39 is 0 Å². The Kier molecular flexibility index (Phi) is 3.20. The smallest absolute Gasteiger partial charge is 0.234 e. The zero-order valence-electron chi connectivity index (χ0n) is 10.1. The van der Waals surface area contributed by atoms with E-state index >= 15 is 0 Å². The van der Waals surface area contributed by atoms with Crippen LogP contribution in [0.5, 0.6) is 0 Å². The van der Waals surface area contributed by atoms with Crippen molar-refractivity contribution >= 4 is 16.3 Å². The van der Waals surface area contributed by atoms with Crippen LogP contribution >= 0.6 is 11.3 Å². The molecule has 0 amide bonds. The number of aromatic nitrogens is 4. The highest BCUT2D eigenvalue weighted by atomic mass is 32.1. The summed E-state index contributed by atoms with van der Waals surface area (Å²) in [6, 6.07) is 0.471. The lowest BCUT2D eigenvalue weighted by Crippen LogP contribution is -2.21. The number of hydrogen-bond acceptors (Lipinski definition) is 5. The van der Waals surface area contributed by atoms with Crippen molar-refractivity contribution in [1.82, 2.24) is 25.1 Å². The Hall–Kier alpha value is -1.01. The van der Waals surface area contributed by atoms with E-state index in [9.17, 15) is 0 Å². The molecule has 0 saturated carbocycles. The van der Waals surface area contributed by atoms with Gasteiger partial charge in [-0.05, 0) is 0 Å². The van der Waals surface area contributed by atoms with Crippen LogP contribution in [0.4, 0.5) is 0 Å². The van der Waals surface area contributed by atoms with Gasteiger partial charge in [0.15, 0.2) is 5.82 Å². The van der Waals surface area contributed by atoms with Crippen LogP contribution in [0.2, 0.25) is 0 Å². The van der Waals surface area contributed by atoms with Crippen LogP contribution < -0.4 is 5.32 Å². The van der Waals surface area contributed by atoms with Gasteiger partial charge >= 0.3 is 0 Å². The van der Waals surface area contributed by atoms with E-state index in [1.165, 1.54) is 0 Å². The number of nitrogens with one attached hydrogen (secondary N) is 1. The summed E-state index contributed by atoms with van der Waals surface area (Å²) in [6.07, 6.45) is 0. The van der Waals surface area contributed by atoms with E-state index in [0.717, 1.165) is 22.3 Å². The zero-order valence-corrected chi connectivity index (χ0v) is 10.9. The number of nitrogens with zero attached hydrogens (tertiary/aromatic N) is 4. The fourth-order valence-electron chi connectivity index (χ4n) is 1.39. The summed E-state index contributed by atoms with van der Waals surface area (Å²) in [7, 11) is 0. The molecule has 0 spiro atoms. The molecule has 88 valence electrons. The van der Waals surface area contributed by atoms with Gasteiger partial charge in [-0.1, -0.05) is 39.0 Å². The summed E-state index contributed by atoms with van der Waals surface area (Å²) in [4.78, 5) is 0.879. The Morgan fingerprint density at radius 3 is 2.62 bits per heavy atom. The van der Waals surface area contributed by atoms with Crippen LogP contribution in [0.3, 0.4) is 0 Å². The molecule has 0 unspecified atom stereocenters. The van der Waals surface area contributed by atoms with Gasteiger partial charge in [-0.25, -0.2) is 0 Å². The molecule has 0 fully saturated rings. The molecule has 16 heavy (non-hydrogen) atoms. The first-order valence-corrected chi connectivity index (χ1v) is 6.34. The molecule has 0 atom stereocenters. The van der Waals surface area contributed by atoms with Gasteiger partial charge in [0, 0.05) is 18.5 Å². The fourth-order valence-corrected chi connectivity index (χ4v) is 2.19. The monoisotopic (exact) mass is 239 g/mol. The predicted octanol–water partition coefficient (Wildman–Crippen LogP) is 1.81. The molecule has 0 saturated heterocycles. The lowest BCUT2D eigenvalue weighted by Gasteiger charge is -2.04. The molecule has 6 heteroatoms. The Bertz CT molecular complexity index is 470. The van der Waals surface area contributed by atoms with E-state index in [1.54, 1.807) is 11.3 Å². The average Bonchev–Trinajstić information content (AvgIpc) is 2.71. The van der Waals surface area contributed by atoms with Crippen LogP contribution in [0.1, 0.15) is 44.4 Å². The molecule has 0 aliphatic rings. The minimum absolute atomic E-state index is 0.350. The van der Waals surface area contributed by atoms with Crippen molar-refractivity contribution in [3.05, 3.63) is 10.8 Å². The highest BCUT2D eigenvalue weighted by Crippen LogP contribution is 2.18. The minimum atomic E-state index is 0.350. The highest BCUT2D eigenvalue weighted by Gasteiger charge is 2.13. The number of rotatable bonds is 4.